The molecule has 0 saturated heterocycles. The Morgan fingerprint density at radius 2 is 1.73 bits per heavy atom. The van der Waals surface area contributed by atoms with Crippen LogP contribution in [0.5, 0.6) is 0 Å². The number of benzene rings is 2. The molecule has 3 aromatic rings. The quantitative estimate of drug-likeness (QED) is 0.634. The van der Waals surface area contributed by atoms with E-state index < -0.39 is 23.7 Å². The lowest BCUT2D eigenvalue weighted by Gasteiger charge is -2.31. The maximum Gasteiger partial charge on any atom is 0.416 e. The number of alkyl halides is 3. The third-order valence-corrected chi connectivity index (χ3v) is 5.69. The molecule has 5 nitrogen and oxygen atoms in total. The molecule has 0 bridgehead atoms. The van der Waals surface area contributed by atoms with E-state index in [0.29, 0.717) is 25.1 Å². The van der Waals surface area contributed by atoms with Crippen LogP contribution in [0.15, 0.2) is 66.9 Å². The smallest absolute Gasteiger partial charge is 0.339 e. The number of nitrogens with one attached hydrogen (secondary N) is 1. The van der Waals surface area contributed by atoms with Crippen molar-refractivity contribution in [3.63, 3.8) is 0 Å². The average Bonchev–Trinajstić information content (AvgIpc) is 2.83. The molecule has 0 unspecified atom stereocenters. The van der Waals surface area contributed by atoms with Crippen molar-refractivity contribution >= 4 is 11.8 Å². The van der Waals surface area contributed by atoms with Gasteiger partial charge in [-0.1, -0.05) is 30.3 Å². The fraction of sp³-hybridized carbons (Fsp3) is 0.240. The number of nitrogens with zero attached hydrogens (tertiary/aromatic N) is 2. The third kappa shape index (κ3) is 5.05. The Balaban J connectivity index is 1.46. The Kier molecular flexibility index (Phi) is 6.18. The molecule has 1 aliphatic heterocycles. The van der Waals surface area contributed by atoms with E-state index in [-0.39, 0.29) is 11.6 Å². The number of carbonyl (C=O) groups is 2. The van der Waals surface area contributed by atoms with E-state index in [1.165, 1.54) is 18.3 Å². The zero-order valence-corrected chi connectivity index (χ0v) is 17.9. The lowest BCUT2D eigenvalue weighted by atomic mass is 9.94. The van der Waals surface area contributed by atoms with Gasteiger partial charge in [0.05, 0.1) is 5.56 Å². The van der Waals surface area contributed by atoms with Crippen LogP contribution in [0.2, 0.25) is 0 Å². The fourth-order valence-corrected chi connectivity index (χ4v) is 3.88. The molecule has 0 aliphatic carbocycles. The minimum atomic E-state index is -4.38. The Bertz CT molecular complexity index is 1160. The number of rotatable bonds is 4. The molecule has 8 heteroatoms. The molecule has 0 radical (unpaired) electrons. The van der Waals surface area contributed by atoms with Gasteiger partial charge in [0.1, 0.15) is 11.7 Å². The molecule has 2 heterocycles. The number of aromatic nitrogens is 1. The summed E-state index contributed by atoms with van der Waals surface area (Å²) in [4.78, 5) is 30.9. The number of fused-ring (bicyclic) bond motifs is 1. The number of carbonyl (C=O) groups excluding carboxylic acids is 2. The third-order valence-electron chi connectivity index (χ3n) is 5.69. The van der Waals surface area contributed by atoms with Crippen LogP contribution in [0.4, 0.5) is 13.2 Å². The molecule has 1 aliphatic rings. The van der Waals surface area contributed by atoms with E-state index in [0.717, 1.165) is 28.8 Å². The lowest BCUT2D eigenvalue weighted by Crippen LogP contribution is -2.48. The zero-order chi connectivity index (χ0) is 23.6. The van der Waals surface area contributed by atoms with Gasteiger partial charge in [-0.15, -0.1) is 0 Å². The van der Waals surface area contributed by atoms with Crippen molar-refractivity contribution in [3.05, 3.63) is 89.2 Å². The van der Waals surface area contributed by atoms with Crippen molar-refractivity contribution in [2.45, 2.75) is 32.1 Å². The summed E-state index contributed by atoms with van der Waals surface area (Å²) in [5, 5.41) is 2.69. The van der Waals surface area contributed by atoms with Crippen LogP contribution in [-0.2, 0) is 23.9 Å². The fourth-order valence-electron chi connectivity index (χ4n) is 3.88. The maximum absolute atomic E-state index is 12.9. The van der Waals surface area contributed by atoms with Gasteiger partial charge in [0.25, 0.3) is 5.91 Å². The first kappa shape index (κ1) is 22.5. The molecule has 0 fully saturated rings. The van der Waals surface area contributed by atoms with Crippen LogP contribution >= 0.6 is 0 Å². The summed E-state index contributed by atoms with van der Waals surface area (Å²) in [5.74, 6) is -0.622. The molecular weight excluding hydrogens is 431 g/mol. The molecule has 0 spiro atoms. The van der Waals surface area contributed by atoms with Gasteiger partial charge in [-0.2, -0.15) is 13.2 Å². The van der Waals surface area contributed by atoms with Crippen molar-refractivity contribution in [3.8, 4) is 11.1 Å². The Hall–Kier alpha value is -3.68. The molecule has 1 atom stereocenters. The number of amides is 2. The SMILES string of the molecule is C[C@@H](NC(=O)c1ccccn1)C(=O)N1CCc2ccc(-c3ccc(C(F)(F)F)cc3)cc2C1. The normalized spacial score (nSPS) is 14.4. The predicted molar refractivity (Wildman–Crippen MR) is 117 cm³/mol. The topological polar surface area (TPSA) is 62.3 Å². The molecule has 1 N–H and O–H groups in total. The highest BCUT2D eigenvalue weighted by Gasteiger charge is 2.30. The number of hydrogen-bond donors (Lipinski definition) is 1. The van der Waals surface area contributed by atoms with Crippen molar-refractivity contribution in [1.29, 1.82) is 0 Å². The highest BCUT2D eigenvalue weighted by molar-refractivity contribution is 5.96. The van der Waals surface area contributed by atoms with Crippen LogP contribution in [0, 0.1) is 0 Å². The maximum atomic E-state index is 12.9. The number of halogens is 3. The molecule has 170 valence electrons. The second-order valence-corrected chi connectivity index (χ2v) is 7.98. The summed E-state index contributed by atoms with van der Waals surface area (Å²) in [6, 6.07) is 15.0. The Labute approximate surface area is 189 Å². The first-order chi connectivity index (χ1) is 15.7. The van der Waals surface area contributed by atoms with Crippen molar-refractivity contribution in [2.75, 3.05) is 6.54 Å². The molecule has 4 rings (SSSR count). The largest absolute Gasteiger partial charge is 0.416 e. The lowest BCUT2D eigenvalue weighted by molar-refractivity contribution is -0.137. The molecule has 1 aromatic heterocycles. The van der Waals surface area contributed by atoms with Crippen molar-refractivity contribution in [2.24, 2.45) is 0 Å². The summed E-state index contributed by atoms with van der Waals surface area (Å²) in [5.41, 5.74) is 3.04. The van der Waals surface area contributed by atoms with Gasteiger partial charge in [0.15, 0.2) is 0 Å². The Morgan fingerprint density at radius 1 is 1.00 bits per heavy atom. The van der Waals surface area contributed by atoms with E-state index in [4.69, 9.17) is 0 Å². The first-order valence-electron chi connectivity index (χ1n) is 10.5. The van der Waals surface area contributed by atoms with E-state index >= 15 is 0 Å². The number of pyridine rings is 1. The standard InChI is InChI=1S/C25H22F3N3O2/c1-16(30-23(32)22-4-2-3-12-29-22)24(33)31-13-11-18-5-6-19(14-20(18)15-31)17-7-9-21(10-8-17)25(26,27)28/h2-10,12,14,16H,11,13,15H2,1H3,(H,30,32)/t16-/m1/s1. The summed E-state index contributed by atoms with van der Waals surface area (Å²) in [7, 11) is 0. The van der Waals surface area contributed by atoms with Gasteiger partial charge in [0.2, 0.25) is 5.91 Å². The van der Waals surface area contributed by atoms with Gasteiger partial charge >= 0.3 is 6.18 Å². The minimum Gasteiger partial charge on any atom is -0.339 e. The van der Waals surface area contributed by atoms with E-state index in [2.05, 4.69) is 10.3 Å². The van der Waals surface area contributed by atoms with Gasteiger partial charge in [-0.3, -0.25) is 14.6 Å². The van der Waals surface area contributed by atoms with Gasteiger partial charge in [-0.05, 0) is 65.9 Å². The zero-order valence-electron chi connectivity index (χ0n) is 17.9. The molecule has 33 heavy (non-hydrogen) atoms. The first-order valence-corrected chi connectivity index (χ1v) is 10.5. The van der Waals surface area contributed by atoms with Crippen LogP contribution in [0.1, 0.15) is 34.1 Å². The van der Waals surface area contributed by atoms with Crippen LogP contribution in [0.25, 0.3) is 11.1 Å². The summed E-state index contributed by atoms with van der Waals surface area (Å²) < 4.78 is 38.5. The van der Waals surface area contributed by atoms with Gasteiger partial charge in [0, 0.05) is 19.3 Å². The van der Waals surface area contributed by atoms with Crippen molar-refractivity contribution in [1.82, 2.24) is 15.2 Å². The van der Waals surface area contributed by atoms with Crippen LogP contribution < -0.4 is 5.32 Å². The molecule has 0 saturated carbocycles. The highest BCUT2D eigenvalue weighted by Crippen LogP contribution is 2.32. The summed E-state index contributed by atoms with van der Waals surface area (Å²) in [6.07, 6.45) is -2.20. The second-order valence-electron chi connectivity index (χ2n) is 7.98. The van der Waals surface area contributed by atoms with Gasteiger partial charge < -0.3 is 10.2 Å². The van der Waals surface area contributed by atoms with E-state index in [1.807, 2.05) is 18.2 Å². The van der Waals surface area contributed by atoms with Crippen LogP contribution in [0.3, 0.4) is 0 Å². The number of hydrogen-bond acceptors (Lipinski definition) is 3. The minimum absolute atomic E-state index is 0.204. The Morgan fingerprint density at radius 3 is 2.39 bits per heavy atom. The molecular formula is C25H22F3N3O2. The molecule has 2 aromatic carbocycles. The van der Waals surface area contributed by atoms with E-state index in [1.54, 1.807) is 30.0 Å². The summed E-state index contributed by atoms with van der Waals surface area (Å²) in [6.45, 7) is 2.53. The predicted octanol–water partition coefficient (Wildman–Crippen LogP) is 4.47. The second kappa shape index (κ2) is 9.05. The average molecular weight is 453 g/mol. The van der Waals surface area contributed by atoms with Crippen molar-refractivity contribution < 1.29 is 22.8 Å². The summed E-state index contributed by atoms with van der Waals surface area (Å²) >= 11 is 0. The van der Waals surface area contributed by atoms with Gasteiger partial charge in [-0.25, -0.2) is 0 Å². The monoisotopic (exact) mass is 453 g/mol. The highest BCUT2D eigenvalue weighted by atomic mass is 19.4. The molecule has 2 amide bonds. The van der Waals surface area contributed by atoms with Crippen LogP contribution in [-0.4, -0.2) is 34.3 Å². The van der Waals surface area contributed by atoms with E-state index in [9.17, 15) is 22.8 Å².